The molecule has 1 fully saturated rings. The average Bonchev–Trinajstić information content (AvgIpc) is 2.67. The molecule has 0 saturated heterocycles. The molecule has 6 heteroatoms. The third-order valence-corrected chi connectivity index (χ3v) is 6.63. The second-order valence-corrected chi connectivity index (χ2v) is 8.77. The number of rotatable bonds is 6. The van der Waals surface area contributed by atoms with Crippen molar-refractivity contribution in [3.05, 3.63) is 18.0 Å². The number of nitrogens with zero attached hydrogens (tertiary/aromatic N) is 1. The van der Waals surface area contributed by atoms with E-state index in [9.17, 15) is 8.42 Å². The van der Waals surface area contributed by atoms with Crippen molar-refractivity contribution in [2.75, 3.05) is 6.54 Å². The van der Waals surface area contributed by atoms with Crippen molar-refractivity contribution in [1.82, 2.24) is 14.6 Å². The van der Waals surface area contributed by atoms with Gasteiger partial charge in [-0.3, -0.25) is 0 Å². The lowest BCUT2D eigenvalue weighted by molar-refractivity contribution is 0.457. The maximum atomic E-state index is 12.6. The molecule has 0 atom stereocenters. The Bertz CT molecular complexity index is 615. The van der Waals surface area contributed by atoms with Crippen molar-refractivity contribution < 1.29 is 8.42 Å². The first-order valence-electron chi connectivity index (χ1n) is 7.42. The molecule has 0 aromatic carbocycles. The van der Waals surface area contributed by atoms with Gasteiger partial charge in [0.1, 0.15) is 0 Å². The van der Waals surface area contributed by atoms with Crippen molar-refractivity contribution in [3.63, 3.8) is 0 Å². The molecule has 21 heavy (non-hydrogen) atoms. The van der Waals surface area contributed by atoms with Crippen LogP contribution in [0.25, 0.3) is 0 Å². The van der Waals surface area contributed by atoms with E-state index in [2.05, 4.69) is 37.7 Å². The minimum Gasteiger partial charge on any atom is -0.352 e. The average molecular weight is 313 g/mol. The van der Waals surface area contributed by atoms with Crippen LogP contribution in [-0.4, -0.2) is 25.6 Å². The first-order valence-corrected chi connectivity index (χ1v) is 8.90. The maximum absolute atomic E-state index is 12.6. The van der Waals surface area contributed by atoms with Gasteiger partial charge in [0.25, 0.3) is 0 Å². The monoisotopic (exact) mass is 313 g/mol. The van der Waals surface area contributed by atoms with Crippen molar-refractivity contribution in [2.24, 2.45) is 17.9 Å². The number of hydrogen-bond acceptors (Lipinski definition) is 3. The molecule has 0 spiro atoms. The number of aromatic nitrogens is 1. The van der Waals surface area contributed by atoms with E-state index in [1.165, 1.54) is 0 Å². The van der Waals surface area contributed by atoms with Gasteiger partial charge in [-0.05, 0) is 23.4 Å². The van der Waals surface area contributed by atoms with Crippen molar-refractivity contribution in [3.8, 4) is 0 Å². The number of hydrogen-bond donors (Lipinski definition) is 2. The number of aryl methyl sites for hydroxylation is 1. The van der Waals surface area contributed by atoms with Crippen molar-refractivity contribution >= 4 is 10.0 Å². The molecule has 1 heterocycles. The smallest absolute Gasteiger partial charge is 0.242 e. The van der Waals surface area contributed by atoms with Gasteiger partial charge in [-0.25, -0.2) is 13.1 Å². The van der Waals surface area contributed by atoms with E-state index in [0.29, 0.717) is 11.4 Å². The van der Waals surface area contributed by atoms with E-state index in [4.69, 9.17) is 0 Å². The Balaban J connectivity index is 2.18. The fourth-order valence-electron chi connectivity index (χ4n) is 2.87. The molecule has 0 unspecified atom stereocenters. The Labute approximate surface area is 128 Å². The molecule has 0 aliphatic heterocycles. The van der Waals surface area contributed by atoms with Gasteiger partial charge >= 0.3 is 0 Å². The van der Waals surface area contributed by atoms with Crippen LogP contribution in [0, 0.1) is 10.8 Å². The van der Waals surface area contributed by atoms with Crippen LogP contribution in [0.3, 0.4) is 0 Å². The molecule has 1 aliphatic carbocycles. The van der Waals surface area contributed by atoms with Crippen LogP contribution in [0.4, 0.5) is 0 Å². The third kappa shape index (κ3) is 2.76. The van der Waals surface area contributed by atoms with Gasteiger partial charge in [0, 0.05) is 31.5 Å². The molecule has 5 nitrogen and oxygen atoms in total. The summed E-state index contributed by atoms with van der Waals surface area (Å²) < 4.78 is 29.8. The quantitative estimate of drug-likeness (QED) is 0.842. The highest BCUT2D eigenvalue weighted by Crippen LogP contribution is 2.62. The molecule has 1 aliphatic rings. The van der Waals surface area contributed by atoms with E-state index >= 15 is 0 Å². The second kappa shape index (κ2) is 5.11. The van der Waals surface area contributed by atoms with Crippen LogP contribution in [0.15, 0.2) is 17.2 Å². The Hall–Kier alpha value is -0.850. The summed E-state index contributed by atoms with van der Waals surface area (Å²) in [4.78, 5) is 0.344. The summed E-state index contributed by atoms with van der Waals surface area (Å²) in [5.74, 6) is 0. The summed E-state index contributed by atoms with van der Waals surface area (Å²) in [5, 5.41) is 3.21. The molecule has 2 rings (SSSR count). The third-order valence-electron chi connectivity index (χ3n) is 5.24. The zero-order valence-corrected chi connectivity index (χ0v) is 14.6. The molecule has 0 radical (unpaired) electrons. The number of nitrogens with one attached hydrogen (secondary N) is 2. The summed E-state index contributed by atoms with van der Waals surface area (Å²) in [7, 11) is -1.59. The highest BCUT2D eigenvalue weighted by atomic mass is 32.2. The summed E-state index contributed by atoms with van der Waals surface area (Å²) in [5.41, 5.74) is 0.939. The van der Waals surface area contributed by atoms with Crippen LogP contribution in [-0.2, 0) is 23.6 Å². The lowest BCUT2D eigenvalue weighted by atomic mass is 10.0. The van der Waals surface area contributed by atoms with Crippen molar-refractivity contribution in [2.45, 2.75) is 52.1 Å². The summed E-state index contributed by atoms with van der Waals surface area (Å²) in [6, 6.07) is 1.72. The normalized spacial score (nSPS) is 20.7. The van der Waals surface area contributed by atoms with Crippen LogP contribution in [0.5, 0.6) is 0 Å². The van der Waals surface area contributed by atoms with Crippen LogP contribution < -0.4 is 10.0 Å². The SMILES string of the molecule is CCNCc1cc(S(=O)(=O)NC2C(C)(C)C2(C)C)cn1C. The summed E-state index contributed by atoms with van der Waals surface area (Å²) in [6.07, 6.45) is 1.68. The first kappa shape index (κ1) is 16.5. The fraction of sp³-hybridized carbons (Fsp3) is 0.733. The molecular weight excluding hydrogens is 286 g/mol. The van der Waals surface area contributed by atoms with Gasteiger partial charge in [-0.1, -0.05) is 34.6 Å². The van der Waals surface area contributed by atoms with E-state index in [0.717, 1.165) is 12.2 Å². The molecule has 0 amide bonds. The van der Waals surface area contributed by atoms with Gasteiger partial charge < -0.3 is 9.88 Å². The zero-order chi connectivity index (χ0) is 16.1. The molecule has 1 aromatic rings. The summed E-state index contributed by atoms with van der Waals surface area (Å²) >= 11 is 0. The van der Waals surface area contributed by atoms with Crippen LogP contribution in [0.1, 0.15) is 40.3 Å². The van der Waals surface area contributed by atoms with E-state index in [-0.39, 0.29) is 16.9 Å². The lowest BCUT2D eigenvalue weighted by Gasteiger charge is -2.06. The first-order chi connectivity index (χ1) is 9.54. The Kier molecular flexibility index (Phi) is 4.02. The predicted molar refractivity (Wildman–Crippen MR) is 84.5 cm³/mol. The van der Waals surface area contributed by atoms with Gasteiger partial charge in [0.15, 0.2) is 0 Å². The highest BCUT2D eigenvalue weighted by molar-refractivity contribution is 7.89. The predicted octanol–water partition coefficient (Wildman–Crippen LogP) is 1.85. The Morgan fingerprint density at radius 1 is 1.24 bits per heavy atom. The zero-order valence-electron chi connectivity index (χ0n) is 13.8. The van der Waals surface area contributed by atoms with E-state index in [1.54, 1.807) is 12.3 Å². The largest absolute Gasteiger partial charge is 0.352 e. The lowest BCUT2D eigenvalue weighted by Crippen LogP contribution is -2.29. The molecule has 120 valence electrons. The van der Waals surface area contributed by atoms with Gasteiger partial charge in [0.05, 0.1) is 4.90 Å². The minimum atomic E-state index is -3.46. The van der Waals surface area contributed by atoms with Gasteiger partial charge in [0.2, 0.25) is 10.0 Å². The summed E-state index contributed by atoms with van der Waals surface area (Å²) in [6.45, 7) is 11.9. The standard InChI is InChI=1S/C15H27N3O2S/c1-7-16-9-11-8-12(10-18(11)6)21(19,20)17-13-14(2,3)15(13,4)5/h8,10,13,16-17H,7,9H2,1-6H3. The van der Waals surface area contributed by atoms with Gasteiger partial charge in [-0.15, -0.1) is 0 Å². The molecule has 1 saturated carbocycles. The molecule has 1 aromatic heterocycles. The van der Waals surface area contributed by atoms with Gasteiger partial charge in [-0.2, -0.15) is 0 Å². The second-order valence-electron chi connectivity index (χ2n) is 7.06. The number of sulfonamides is 1. The Morgan fingerprint density at radius 3 is 2.29 bits per heavy atom. The van der Waals surface area contributed by atoms with Crippen molar-refractivity contribution in [1.29, 1.82) is 0 Å². The Morgan fingerprint density at radius 2 is 1.81 bits per heavy atom. The van der Waals surface area contributed by atoms with E-state index < -0.39 is 10.0 Å². The van der Waals surface area contributed by atoms with Crippen LogP contribution >= 0.6 is 0 Å². The maximum Gasteiger partial charge on any atom is 0.242 e. The molecule has 0 bridgehead atoms. The minimum absolute atomic E-state index is 0.0125. The highest BCUT2D eigenvalue weighted by Gasteiger charge is 2.66. The van der Waals surface area contributed by atoms with E-state index in [1.807, 2.05) is 18.5 Å². The molecular formula is C15H27N3O2S. The fourth-order valence-corrected chi connectivity index (χ4v) is 4.49. The van der Waals surface area contributed by atoms with Crippen LogP contribution in [0.2, 0.25) is 0 Å². The molecule has 2 N–H and O–H groups in total. The topological polar surface area (TPSA) is 63.1 Å².